The summed E-state index contributed by atoms with van der Waals surface area (Å²) in [6.07, 6.45) is 5.03. The Hall–Kier alpha value is -1.25. The number of unbranched alkanes of at least 4 members (excludes halogenated alkanes) is 1. The smallest absolute Gasteiger partial charge is 0.291 e. The minimum absolute atomic E-state index is 0. The molecule has 0 aliphatic heterocycles. The minimum Gasteiger partial charge on any atom is -0.349 e. The summed E-state index contributed by atoms with van der Waals surface area (Å²) >= 11 is 3.27. The fourth-order valence-corrected chi connectivity index (χ4v) is 1.70. The fraction of sp³-hybridized carbons (Fsp3) is 0.400. The lowest BCUT2D eigenvalue weighted by Crippen LogP contribution is -2.26. The normalized spacial score (nSPS) is 10.2. The van der Waals surface area contributed by atoms with Gasteiger partial charge in [-0.2, -0.15) is 4.98 Å². The molecule has 0 fully saturated rings. The number of nitrogens with one attached hydrogen (secondary N) is 1. The molecule has 9 heteroatoms. The number of hydrogen-bond donors (Lipinski definition) is 2. The van der Waals surface area contributed by atoms with Gasteiger partial charge in [-0.25, -0.2) is 9.50 Å². The average molecular weight is 350 g/mol. The summed E-state index contributed by atoms with van der Waals surface area (Å²) in [5.41, 5.74) is 5.37. The maximum absolute atomic E-state index is 11.7. The summed E-state index contributed by atoms with van der Waals surface area (Å²) in [4.78, 5) is 19.8. The SMILES string of the molecule is Cl.NCCCCNC(=O)c1nc2ncc(Br)cn2n1. The molecule has 2 aromatic rings. The predicted molar refractivity (Wildman–Crippen MR) is 76.4 cm³/mol. The van der Waals surface area contributed by atoms with E-state index in [0.717, 1.165) is 17.3 Å². The first-order valence-corrected chi connectivity index (χ1v) is 6.36. The molecule has 1 amide bonds. The summed E-state index contributed by atoms with van der Waals surface area (Å²) < 4.78 is 2.23. The van der Waals surface area contributed by atoms with E-state index in [9.17, 15) is 4.79 Å². The van der Waals surface area contributed by atoms with Crippen molar-refractivity contribution in [1.82, 2.24) is 24.9 Å². The number of carbonyl (C=O) groups excluding carboxylic acids is 1. The highest BCUT2D eigenvalue weighted by Crippen LogP contribution is 2.07. The zero-order chi connectivity index (χ0) is 13.0. The number of aromatic nitrogens is 4. The molecular formula is C10H14BrClN6O. The van der Waals surface area contributed by atoms with Crippen LogP contribution >= 0.6 is 28.3 Å². The summed E-state index contributed by atoms with van der Waals surface area (Å²) in [6, 6.07) is 0. The van der Waals surface area contributed by atoms with E-state index in [1.165, 1.54) is 4.52 Å². The van der Waals surface area contributed by atoms with E-state index in [1.54, 1.807) is 12.4 Å². The first-order valence-electron chi connectivity index (χ1n) is 5.57. The van der Waals surface area contributed by atoms with Crippen LogP contribution in [-0.4, -0.2) is 38.6 Å². The number of rotatable bonds is 5. The lowest BCUT2D eigenvalue weighted by molar-refractivity contribution is 0.0943. The van der Waals surface area contributed by atoms with Crippen molar-refractivity contribution in [2.75, 3.05) is 13.1 Å². The van der Waals surface area contributed by atoms with Crippen LogP contribution < -0.4 is 11.1 Å². The number of amides is 1. The minimum atomic E-state index is -0.298. The van der Waals surface area contributed by atoms with E-state index in [0.29, 0.717) is 18.9 Å². The molecule has 7 nitrogen and oxygen atoms in total. The van der Waals surface area contributed by atoms with Crippen LogP contribution in [0.3, 0.4) is 0 Å². The Morgan fingerprint density at radius 2 is 2.26 bits per heavy atom. The zero-order valence-electron chi connectivity index (χ0n) is 10.0. The summed E-state index contributed by atoms with van der Waals surface area (Å²) in [6.45, 7) is 1.20. The number of carbonyl (C=O) groups is 1. The molecule has 2 heterocycles. The van der Waals surface area contributed by atoms with Crippen molar-refractivity contribution in [2.24, 2.45) is 5.73 Å². The monoisotopic (exact) mass is 348 g/mol. The highest BCUT2D eigenvalue weighted by atomic mass is 79.9. The molecule has 19 heavy (non-hydrogen) atoms. The summed E-state index contributed by atoms with van der Waals surface area (Å²) in [7, 11) is 0. The highest BCUT2D eigenvalue weighted by molar-refractivity contribution is 9.10. The van der Waals surface area contributed by atoms with Crippen molar-refractivity contribution in [3.8, 4) is 0 Å². The van der Waals surface area contributed by atoms with E-state index < -0.39 is 0 Å². The number of halogens is 2. The second-order valence-corrected chi connectivity index (χ2v) is 4.62. The maximum Gasteiger partial charge on any atom is 0.291 e. The molecular weight excluding hydrogens is 336 g/mol. The van der Waals surface area contributed by atoms with Gasteiger partial charge in [0.1, 0.15) is 0 Å². The van der Waals surface area contributed by atoms with Gasteiger partial charge >= 0.3 is 0 Å². The Kier molecular flexibility index (Phi) is 6.13. The lowest BCUT2D eigenvalue weighted by atomic mass is 10.3. The topological polar surface area (TPSA) is 98.2 Å². The summed E-state index contributed by atoms with van der Waals surface area (Å²) in [5.74, 6) is 0.215. The van der Waals surface area contributed by atoms with Gasteiger partial charge in [-0.05, 0) is 35.3 Å². The van der Waals surface area contributed by atoms with Crippen LogP contribution in [0.5, 0.6) is 0 Å². The quantitative estimate of drug-likeness (QED) is 0.777. The molecule has 0 unspecified atom stereocenters. The van der Waals surface area contributed by atoms with Crippen LogP contribution in [0.2, 0.25) is 0 Å². The molecule has 0 atom stereocenters. The van der Waals surface area contributed by atoms with Crippen molar-refractivity contribution in [2.45, 2.75) is 12.8 Å². The third kappa shape index (κ3) is 4.12. The van der Waals surface area contributed by atoms with Crippen molar-refractivity contribution in [3.05, 3.63) is 22.7 Å². The molecule has 0 bridgehead atoms. The van der Waals surface area contributed by atoms with Crippen LogP contribution in [0.15, 0.2) is 16.9 Å². The third-order valence-electron chi connectivity index (χ3n) is 2.28. The Bertz CT molecular complexity index is 560. The van der Waals surface area contributed by atoms with Crippen LogP contribution in [0.1, 0.15) is 23.5 Å². The first kappa shape index (κ1) is 15.8. The Labute approximate surface area is 124 Å². The molecule has 0 aliphatic rings. The molecule has 2 rings (SSSR count). The standard InChI is InChI=1S/C10H13BrN6O.ClH/c11-7-5-14-10-15-8(16-17(10)6-7)9(18)13-4-2-1-3-12;/h5-6H,1-4,12H2,(H,13,18);1H. The van der Waals surface area contributed by atoms with Gasteiger partial charge in [0, 0.05) is 18.9 Å². The van der Waals surface area contributed by atoms with Crippen molar-refractivity contribution in [3.63, 3.8) is 0 Å². The Morgan fingerprint density at radius 1 is 1.47 bits per heavy atom. The predicted octanol–water partition coefficient (Wildman–Crippen LogP) is 0.777. The number of hydrogen-bond acceptors (Lipinski definition) is 5. The van der Waals surface area contributed by atoms with Gasteiger partial charge in [0.15, 0.2) is 0 Å². The van der Waals surface area contributed by atoms with Crippen LogP contribution in [0.4, 0.5) is 0 Å². The zero-order valence-corrected chi connectivity index (χ0v) is 12.4. The maximum atomic E-state index is 11.7. The lowest BCUT2D eigenvalue weighted by Gasteiger charge is -2.00. The number of fused-ring (bicyclic) bond motifs is 1. The van der Waals surface area contributed by atoms with Crippen LogP contribution in [0, 0.1) is 0 Å². The van der Waals surface area contributed by atoms with Gasteiger partial charge < -0.3 is 11.1 Å². The molecule has 0 spiro atoms. The Balaban J connectivity index is 0.00000180. The number of nitrogens with zero attached hydrogens (tertiary/aromatic N) is 4. The molecule has 0 saturated carbocycles. The van der Waals surface area contributed by atoms with Gasteiger partial charge in [-0.15, -0.1) is 17.5 Å². The highest BCUT2D eigenvalue weighted by Gasteiger charge is 2.12. The van der Waals surface area contributed by atoms with Crippen molar-refractivity contribution >= 4 is 40.0 Å². The fourth-order valence-electron chi connectivity index (χ4n) is 1.41. The number of nitrogens with two attached hydrogens (primary N) is 1. The third-order valence-corrected chi connectivity index (χ3v) is 2.69. The van der Waals surface area contributed by atoms with E-state index >= 15 is 0 Å². The van der Waals surface area contributed by atoms with Gasteiger partial charge in [-0.3, -0.25) is 4.79 Å². The molecule has 0 aliphatic carbocycles. The van der Waals surface area contributed by atoms with Gasteiger partial charge in [0.05, 0.1) is 4.47 Å². The second kappa shape index (κ2) is 7.37. The molecule has 0 saturated heterocycles. The van der Waals surface area contributed by atoms with E-state index in [2.05, 4.69) is 36.3 Å². The molecule has 104 valence electrons. The largest absolute Gasteiger partial charge is 0.349 e. The van der Waals surface area contributed by atoms with Gasteiger partial charge in [0.25, 0.3) is 11.7 Å². The molecule has 3 N–H and O–H groups in total. The van der Waals surface area contributed by atoms with E-state index in [4.69, 9.17) is 5.73 Å². The van der Waals surface area contributed by atoms with Crippen molar-refractivity contribution in [1.29, 1.82) is 0 Å². The molecule has 0 aromatic carbocycles. The first-order chi connectivity index (χ1) is 8.70. The Morgan fingerprint density at radius 3 is 3.00 bits per heavy atom. The van der Waals surface area contributed by atoms with Crippen LogP contribution in [0.25, 0.3) is 5.78 Å². The van der Waals surface area contributed by atoms with Gasteiger partial charge in [0.2, 0.25) is 5.82 Å². The second-order valence-electron chi connectivity index (χ2n) is 3.70. The molecule has 2 aromatic heterocycles. The van der Waals surface area contributed by atoms with E-state index in [-0.39, 0.29) is 24.1 Å². The summed E-state index contributed by atoms with van der Waals surface area (Å²) in [5, 5.41) is 6.79. The van der Waals surface area contributed by atoms with Gasteiger partial charge in [-0.1, -0.05) is 0 Å². The molecule has 0 radical (unpaired) electrons. The van der Waals surface area contributed by atoms with Crippen LogP contribution in [-0.2, 0) is 0 Å². The van der Waals surface area contributed by atoms with E-state index in [1.807, 2.05) is 0 Å². The van der Waals surface area contributed by atoms with Crippen molar-refractivity contribution < 1.29 is 4.79 Å². The average Bonchev–Trinajstić information content (AvgIpc) is 2.77.